The maximum atomic E-state index is 12.9. The van der Waals surface area contributed by atoms with Crippen molar-refractivity contribution < 1.29 is 13.6 Å². The monoisotopic (exact) mass is 259 g/mol. The zero-order valence-electron chi connectivity index (χ0n) is 9.94. The lowest BCUT2D eigenvalue weighted by molar-refractivity contribution is -0.111. The molecule has 0 saturated heterocycles. The summed E-state index contributed by atoms with van der Waals surface area (Å²) >= 11 is 0. The zero-order valence-corrected chi connectivity index (χ0v) is 9.94. The molecule has 0 bridgehead atoms. The predicted octanol–water partition coefficient (Wildman–Crippen LogP) is 3.62. The van der Waals surface area contributed by atoms with Crippen LogP contribution in [0.25, 0.3) is 6.08 Å². The molecule has 2 nitrogen and oxygen atoms in total. The molecule has 0 aliphatic rings. The SMILES string of the molecule is O=C(/C=C/c1cccc(F)c1)Nc1cccc(F)c1. The van der Waals surface area contributed by atoms with Crippen molar-refractivity contribution in [3.8, 4) is 0 Å². The lowest BCUT2D eigenvalue weighted by Crippen LogP contribution is -2.07. The zero-order chi connectivity index (χ0) is 13.7. The molecule has 19 heavy (non-hydrogen) atoms. The minimum atomic E-state index is -0.424. The van der Waals surface area contributed by atoms with Crippen molar-refractivity contribution in [1.82, 2.24) is 0 Å². The third kappa shape index (κ3) is 4.03. The highest BCUT2D eigenvalue weighted by atomic mass is 19.1. The van der Waals surface area contributed by atoms with E-state index in [9.17, 15) is 13.6 Å². The molecule has 0 aromatic heterocycles. The maximum absolute atomic E-state index is 12.9. The van der Waals surface area contributed by atoms with Crippen LogP contribution in [-0.2, 0) is 4.79 Å². The van der Waals surface area contributed by atoms with Crippen molar-refractivity contribution in [2.24, 2.45) is 0 Å². The smallest absolute Gasteiger partial charge is 0.248 e. The number of anilines is 1. The number of carbonyl (C=O) groups excluding carboxylic acids is 1. The number of hydrogen-bond donors (Lipinski definition) is 1. The third-order valence-corrected chi connectivity index (χ3v) is 2.37. The number of hydrogen-bond acceptors (Lipinski definition) is 1. The van der Waals surface area contributed by atoms with E-state index in [2.05, 4.69) is 5.32 Å². The molecule has 0 unspecified atom stereocenters. The van der Waals surface area contributed by atoms with E-state index in [1.807, 2.05) is 0 Å². The van der Waals surface area contributed by atoms with Crippen molar-refractivity contribution in [3.63, 3.8) is 0 Å². The average molecular weight is 259 g/mol. The number of amides is 1. The van der Waals surface area contributed by atoms with Crippen LogP contribution in [0.5, 0.6) is 0 Å². The van der Waals surface area contributed by atoms with Gasteiger partial charge in [0.25, 0.3) is 0 Å². The molecule has 0 radical (unpaired) electrons. The Morgan fingerprint density at radius 3 is 2.37 bits per heavy atom. The van der Waals surface area contributed by atoms with Crippen LogP contribution in [0.4, 0.5) is 14.5 Å². The summed E-state index contributed by atoms with van der Waals surface area (Å²) in [6.45, 7) is 0. The highest BCUT2D eigenvalue weighted by Gasteiger charge is 1.99. The fourth-order valence-corrected chi connectivity index (χ4v) is 1.53. The van der Waals surface area contributed by atoms with Gasteiger partial charge in [0.2, 0.25) is 5.91 Å². The predicted molar refractivity (Wildman–Crippen MR) is 70.5 cm³/mol. The van der Waals surface area contributed by atoms with Crippen LogP contribution in [0.3, 0.4) is 0 Å². The molecule has 0 aliphatic carbocycles. The standard InChI is InChI=1S/C15H11F2NO/c16-12-4-1-3-11(9-12)7-8-15(19)18-14-6-2-5-13(17)10-14/h1-10H,(H,18,19)/b8-7+. The average Bonchev–Trinajstić information content (AvgIpc) is 2.36. The van der Waals surface area contributed by atoms with Gasteiger partial charge < -0.3 is 5.32 Å². The molecule has 96 valence electrons. The molecule has 4 heteroatoms. The Morgan fingerprint density at radius 2 is 1.68 bits per heavy atom. The lowest BCUT2D eigenvalue weighted by atomic mass is 10.2. The van der Waals surface area contributed by atoms with Crippen LogP contribution in [-0.4, -0.2) is 5.91 Å². The van der Waals surface area contributed by atoms with Gasteiger partial charge in [-0.2, -0.15) is 0 Å². The van der Waals surface area contributed by atoms with Crippen molar-refractivity contribution >= 4 is 17.7 Å². The van der Waals surface area contributed by atoms with Crippen LogP contribution >= 0.6 is 0 Å². The van der Waals surface area contributed by atoms with Crippen molar-refractivity contribution in [2.45, 2.75) is 0 Å². The summed E-state index contributed by atoms with van der Waals surface area (Å²) in [7, 11) is 0. The van der Waals surface area contributed by atoms with Gasteiger partial charge >= 0.3 is 0 Å². The first-order chi connectivity index (χ1) is 9.13. The van der Waals surface area contributed by atoms with Gasteiger partial charge in [-0.3, -0.25) is 4.79 Å². The molecule has 0 atom stereocenters. The second kappa shape index (κ2) is 5.91. The van der Waals surface area contributed by atoms with Gasteiger partial charge in [0.1, 0.15) is 11.6 Å². The molecule has 0 spiro atoms. The number of nitrogens with one attached hydrogen (secondary N) is 1. The number of benzene rings is 2. The molecular formula is C15H11F2NO. The van der Waals surface area contributed by atoms with E-state index in [0.29, 0.717) is 11.3 Å². The Bertz CT molecular complexity index is 623. The normalized spacial score (nSPS) is 10.6. The van der Waals surface area contributed by atoms with E-state index < -0.39 is 11.7 Å². The number of carbonyl (C=O) groups is 1. The topological polar surface area (TPSA) is 29.1 Å². The second-order valence-electron chi connectivity index (χ2n) is 3.89. The summed E-state index contributed by atoms with van der Waals surface area (Å²) < 4.78 is 25.8. The highest BCUT2D eigenvalue weighted by molar-refractivity contribution is 6.01. The van der Waals surface area contributed by atoms with Crippen molar-refractivity contribution in [1.29, 1.82) is 0 Å². The first-order valence-corrected chi connectivity index (χ1v) is 5.64. The van der Waals surface area contributed by atoms with E-state index in [1.54, 1.807) is 18.2 Å². The molecule has 0 fully saturated rings. The highest BCUT2D eigenvalue weighted by Crippen LogP contribution is 2.10. The summed E-state index contributed by atoms with van der Waals surface area (Å²) in [4.78, 5) is 11.6. The largest absolute Gasteiger partial charge is 0.322 e. The van der Waals surface area contributed by atoms with Crippen LogP contribution < -0.4 is 5.32 Å². The Hall–Kier alpha value is -2.49. The second-order valence-corrected chi connectivity index (χ2v) is 3.89. The molecule has 1 amide bonds. The maximum Gasteiger partial charge on any atom is 0.248 e. The van der Waals surface area contributed by atoms with Gasteiger partial charge in [0.15, 0.2) is 0 Å². The minimum Gasteiger partial charge on any atom is -0.322 e. The Morgan fingerprint density at radius 1 is 1.00 bits per heavy atom. The Kier molecular flexibility index (Phi) is 4.03. The van der Waals surface area contributed by atoms with Crippen LogP contribution in [0.15, 0.2) is 54.6 Å². The van der Waals surface area contributed by atoms with E-state index in [1.165, 1.54) is 42.5 Å². The fraction of sp³-hybridized carbons (Fsp3) is 0. The van der Waals surface area contributed by atoms with Gasteiger partial charge in [-0.05, 0) is 42.0 Å². The summed E-state index contributed by atoms with van der Waals surface area (Å²) in [5.74, 6) is -1.20. The summed E-state index contributed by atoms with van der Waals surface area (Å²) in [6, 6.07) is 11.5. The van der Waals surface area contributed by atoms with E-state index in [0.717, 1.165) is 0 Å². The molecule has 1 N–H and O–H groups in total. The quantitative estimate of drug-likeness (QED) is 0.838. The van der Waals surface area contributed by atoms with Crippen molar-refractivity contribution in [3.05, 3.63) is 71.8 Å². The number of rotatable bonds is 3. The fourth-order valence-electron chi connectivity index (χ4n) is 1.53. The summed E-state index contributed by atoms with van der Waals surface area (Å²) in [5.41, 5.74) is 0.947. The summed E-state index contributed by atoms with van der Waals surface area (Å²) in [6.07, 6.45) is 2.75. The third-order valence-electron chi connectivity index (χ3n) is 2.37. The van der Waals surface area contributed by atoms with Crippen LogP contribution in [0.2, 0.25) is 0 Å². The summed E-state index contributed by atoms with van der Waals surface area (Å²) in [5, 5.41) is 2.51. The van der Waals surface area contributed by atoms with Crippen LogP contribution in [0, 0.1) is 11.6 Å². The van der Waals surface area contributed by atoms with Gasteiger partial charge in [0, 0.05) is 11.8 Å². The van der Waals surface area contributed by atoms with E-state index >= 15 is 0 Å². The van der Waals surface area contributed by atoms with E-state index in [-0.39, 0.29) is 5.82 Å². The Balaban J connectivity index is 2.01. The van der Waals surface area contributed by atoms with Gasteiger partial charge in [0.05, 0.1) is 0 Å². The molecule has 2 aromatic rings. The molecule has 2 rings (SSSR count). The Labute approximate surface area is 109 Å². The molecular weight excluding hydrogens is 248 g/mol. The van der Waals surface area contributed by atoms with E-state index in [4.69, 9.17) is 0 Å². The minimum absolute atomic E-state index is 0.368. The van der Waals surface area contributed by atoms with Crippen LogP contribution in [0.1, 0.15) is 5.56 Å². The molecule has 0 aliphatic heterocycles. The first-order valence-electron chi connectivity index (χ1n) is 5.64. The van der Waals surface area contributed by atoms with Gasteiger partial charge in [-0.25, -0.2) is 8.78 Å². The lowest BCUT2D eigenvalue weighted by Gasteiger charge is -2.01. The number of halogens is 2. The van der Waals surface area contributed by atoms with Gasteiger partial charge in [-0.15, -0.1) is 0 Å². The van der Waals surface area contributed by atoms with Gasteiger partial charge in [-0.1, -0.05) is 18.2 Å². The molecule has 0 heterocycles. The first kappa shape index (κ1) is 13.0. The molecule has 0 saturated carbocycles. The molecule has 2 aromatic carbocycles. The van der Waals surface area contributed by atoms with Crippen molar-refractivity contribution in [2.75, 3.05) is 5.32 Å².